The molecule has 16 heavy (non-hydrogen) atoms. The van der Waals surface area contributed by atoms with E-state index in [1.165, 1.54) is 6.07 Å². The summed E-state index contributed by atoms with van der Waals surface area (Å²) in [6.07, 6.45) is 0.830. The summed E-state index contributed by atoms with van der Waals surface area (Å²) >= 11 is 5.61. The maximum atomic E-state index is 13.2. The summed E-state index contributed by atoms with van der Waals surface area (Å²) in [6, 6.07) is 4.78. The van der Waals surface area contributed by atoms with Gasteiger partial charge in [0.2, 0.25) is 0 Å². The minimum atomic E-state index is -0.412. The van der Waals surface area contributed by atoms with E-state index in [4.69, 9.17) is 16.7 Å². The van der Waals surface area contributed by atoms with E-state index in [-0.39, 0.29) is 23.7 Å². The van der Waals surface area contributed by atoms with Crippen LogP contribution in [0.1, 0.15) is 31.9 Å². The smallest absolute Gasteiger partial charge is 0.142 e. The molecule has 0 bridgehead atoms. The van der Waals surface area contributed by atoms with Gasteiger partial charge in [-0.1, -0.05) is 24.6 Å². The predicted octanol–water partition coefficient (Wildman–Crippen LogP) is 2.90. The number of nitrogens with one attached hydrogen (secondary N) is 1. The van der Waals surface area contributed by atoms with E-state index in [9.17, 15) is 4.39 Å². The molecule has 0 aromatic heterocycles. The Morgan fingerprint density at radius 1 is 1.50 bits per heavy atom. The van der Waals surface area contributed by atoms with E-state index in [1.54, 1.807) is 12.1 Å². The first-order valence-corrected chi connectivity index (χ1v) is 5.78. The molecule has 0 aliphatic rings. The Morgan fingerprint density at radius 2 is 2.19 bits per heavy atom. The average Bonchev–Trinajstić information content (AvgIpc) is 2.29. The first-order valence-electron chi connectivity index (χ1n) is 5.40. The second kappa shape index (κ2) is 6.18. The van der Waals surface area contributed by atoms with Gasteiger partial charge < -0.3 is 10.4 Å². The summed E-state index contributed by atoms with van der Waals surface area (Å²) in [5.41, 5.74) is 0.828. The molecule has 1 rings (SSSR count). The van der Waals surface area contributed by atoms with Gasteiger partial charge >= 0.3 is 0 Å². The Labute approximate surface area is 100 Å². The summed E-state index contributed by atoms with van der Waals surface area (Å²) in [7, 11) is 0. The zero-order chi connectivity index (χ0) is 12.1. The van der Waals surface area contributed by atoms with Crippen LogP contribution < -0.4 is 5.32 Å². The standard InChI is InChI=1S/C12H17ClFNO/c1-3-10(7-16)15-8(2)9-4-5-11(13)12(14)6-9/h4-6,8,10,15-16H,3,7H2,1-2H3/t8?,10-/m1/s1. The molecule has 2 N–H and O–H groups in total. The van der Waals surface area contributed by atoms with Gasteiger partial charge in [0.05, 0.1) is 11.6 Å². The highest BCUT2D eigenvalue weighted by Crippen LogP contribution is 2.20. The highest BCUT2D eigenvalue weighted by atomic mass is 35.5. The van der Waals surface area contributed by atoms with Crippen LogP contribution in [0.15, 0.2) is 18.2 Å². The Kier molecular flexibility index (Phi) is 5.19. The van der Waals surface area contributed by atoms with Crippen LogP contribution in [-0.4, -0.2) is 17.8 Å². The molecule has 0 amide bonds. The third-order valence-corrected chi connectivity index (χ3v) is 2.95. The van der Waals surface area contributed by atoms with Gasteiger partial charge in [-0.05, 0) is 31.0 Å². The fourth-order valence-electron chi connectivity index (χ4n) is 1.53. The fourth-order valence-corrected chi connectivity index (χ4v) is 1.65. The minimum absolute atomic E-state index is 0.0103. The Morgan fingerprint density at radius 3 is 2.69 bits per heavy atom. The molecule has 1 unspecified atom stereocenters. The van der Waals surface area contributed by atoms with Crippen LogP contribution in [0, 0.1) is 5.82 Å². The molecule has 0 heterocycles. The highest BCUT2D eigenvalue weighted by Gasteiger charge is 2.12. The van der Waals surface area contributed by atoms with Crippen molar-refractivity contribution in [2.45, 2.75) is 32.4 Å². The molecular formula is C12H17ClFNO. The first-order chi connectivity index (χ1) is 7.58. The second-order valence-electron chi connectivity index (χ2n) is 3.85. The van der Waals surface area contributed by atoms with Crippen molar-refractivity contribution in [3.8, 4) is 0 Å². The first kappa shape index (κ1) is 13.4. The van der Waals surface area contributed by atoms with E-state index >= 15 is 0 Å². The largest absolute Gasteiger partial charge is 0.395 e. The number of halogens is 2. The molecule has 0 spiro atoms. The normalized spacial score (nSPS) is 14.8. The Hall–Kier alpha value is -0.640. The molecule has 0 fully saturated rings. The van der Waals surface area contributed by atoms with Gasteiger partial charge in [0.25, 0.3) is 0 Å². The van der Waals surface area contributed by atoms with Crippen molar-refractivity contribution in [3.05, 3.63) is 34.6 Å². The van der Waals surface area contributed by atoms with Crippen LogP contribution in [-0.2, 0) is 0 Å². The molecular weight excluding hydrogens is 229 g/mol. The summed E-state index contributed by atoms with van der Waals surface area (Å²) in [5, 5.41) is 12.4. The van der Waals surface area contributed by atoms with Crippen molar-refractivity contribution < 1.29 is 9.50 Å². The van der Waals surface area contributed by atoms with Crippen molar-refractivity contribution in [3.63, 3.8) is 0 Å². The van der Waals surface area contributed by atoms with Crippen LogP contribution in [0.3, 0.4) is 0 Å². The van der Waals surface area contributed by atoms with E-state index < -0.39 is 5.82 Å². The number of aliphatic hydroxyl groups is 1. The molecule has 2 atom stereocenters. The number of hydrogen-bond donors (Lipinski definition) is 2. The molecule has 0 saturated carbocycles. The summed E-state index contributed by atoms with van der Waals surface area (Å²) in [4.78, 5) is 0. The van der Waals surface area contributed by atoms with Crippen molar-refractivity contribution >= 4 is 11.6 Å². The summed E-state index contributed by atoms with van der Waals surface area (Å²) in [5.74, 6) is -0.412. The van der Waals surface area contributed by atoms with Gasteiger partial charge in [-0.25, -0.2) is 4.39 Å². The molecule has 2 nitrogen and oxygen atoms in total. The Bertz CT molecular complexity index is 342. The van der Waals surface area contributed by atoms with E-state index in [2.05, 4.69) is 5.32 Å². The van der Waals surface area contributed by atoms with E-state index in [0.29, 0.717) is 0 Å². The number of benzene rings is 1. The van der Waals surface area contributed by atoms with Gasteiger partial charge in [0.15, 0.2) is 0 Å². The van der Waals surface area contributed by atoms with Gasteiger partial charge in [-0.15, -0.1) is 0 Å². The fraction of sp³-hybridized carbons (Fsp3) is 0.500. The van der Waals surface area contributed by atoms with Gasteiger partial charge in [0.1, 0.15) is 5.82 Å². The van der Waals surface area contributed by atoms with Crippen molar-refractivity contribution in [2.24, 2.45) is 0 Å². The van der Waals surface area contributed by atoms with E-state index in [0.717, 1.165) is 12.0 Å². The van der Waals surface area contributed by atoms with Crippen LogP contribution >= 0.6 is 11.6 Å². The molecule has 4 heteroatoms. The van der Waals surface area contributed by atoms with Crippen molar-refractivity contribution in [2.75, 3.05) is 6.61 Å². The molecule has 0 radical (unpaired) electrons. The van der Waals surface area contributed by atoms with Crippen molar-refractivity contribution in [1.29, 1.82) is 0 Å². The maximum absolute atomic E-state index is 13.2. The number of hydrogen-bond acceptors (Lipinski definition) is 2. The SMILES string of the molecule is CC[C@H](CO)NC(C)c1ccc(Cl)c(F)c1. The molecule has 90 valence electrons. The molecule has 1 aromatic rings. The lowest BCUT2D eigenvalue weighted by Crippen LogP contribution is -2.33. The van der Waals surface area contributed by atoms with Gasteiger partial charge in [0, 0.05) is 12.1 Å². The lowest BCUT2D eigenvalue weighted by Gasteiger charge is -2.20. The topological polar surface area (TPSA) is 32.3 Å². The molecule has 0 aliphatic heterocycles. The third-order valence-electron chi connectivity index (χ3n) is 2.64. The predicted molar refractivity (Wildman–Crippen MR) is 64.1 cm³/mol. The monoisotopic (exact) mass is 245 g/mol. The minimum Gasteiger partial charge on any atom is -0.395 e. The highest BCUT2D eigenvalue weighted by molar-refractivity contribution is 6.30. The number of aliphatic hydroxyl groups excluding tert-OH is 1. The summed E-state index contributed by atoms with van der Waals surface area (Å²) < 4.78 is 13.2. The summed E-state index contributed by atoms with van der Waals surface area (Å²) in [6.45, 7) is 4.00. The van der Waals surface area contributed by atoms with Crippen molar-refractivity contribution in [1.82, 2.24) is 5.32 Å². The molecule has 1 aromatic carbocycles. The van der Waals surface area contributed by atoms with Gasteiger partial charge in [-0.2, -0.15) is 0 Å². The zero-order valence-corrected chi connectivity index (χ0v) is 10.3. The average molecular weight is 246 g/mol. The quantitative estimate of drug-likeness (QED) is 0.836. The molecule has 0 saturated heterocycles. The Balaban J connectivity index is 2.72. The second-order valence-corrected chi connectivity index (χ2v) is 4.26. The van der Waals surface area contributed by atoms with Crippen LogP contribution in [0.5, 0.6) is 0 Å². The van der Waals surface area contributed by atoms with Gasteiger partial charge in [-0.3, -0.25) is 0 Å². The zero-order valence-electron chi connectivity index (χ0n) is 9.50. The third kappa shape index (κ3) is 3.44. The van der Waals surface area contributed by atoms with Crippen LogP contribution in [0.4, 0.5) is 4.39 Å². The lowest BCUT2D eigenvalue weighted by molar-refractivity contribution is 0.230. The van der Waals surface area contributed by atoms with Crippen LogP contribution in [0.25, 0.3) is 0 Å². The van der Waals surface area contributed by atoms with E-state index in [1.807, 2.05) is 13.8 Å². The maximum Gasteiger partial charge on any atom is 0.142 e. The number of rotatable bonds is 5. The lowest BCUT2D eigenvalue weighted by atomic mass is 10.1. The molecule has 0 aliphatic carbocycles. The van der Waals surface area contributed by atoms with Crippen LogP contribution in [0.2, 0.25) is 5.02 Å².